The van der Waals surface area contributed by atoms with Gasteiger partial charge >= 0.3 is 0 Å². The van der Waals surface area contributed by atoms with E-state index >= 15 is 0 Å². The quantitative estimate of drug-likeness (QED) is 0.863. The van der Waals surface area contributed by atoms with Gasteiger partial charge in [0.2, 0.25) is 0 Å². The van der Waals surface area contributed by atoms with Crippen LogP contribution in [0.1, 0.15) is 43.7 Å². The molecule has 20 heavy (non-hydrogen) atoms. The molecule has 0 aliphatic carbocycles. The highest BCUT2D eigenvalue weighted by atomic mass is 16.5. The topological polar surface area (TPSA) is 24.5 Å². The number of methoxy groups -OCH3 is 1. The molecule has 0 amide bonds. The molecule has 1 N–H and O–H groups in total. The number of piperidine rings is 1. The van der Waals surface area contributed by atoms with Crippen molar-refractivity contribution in [3.05, 3.63) is 29.3 Å². The van der Waals surface area contributed by atoms with Gasteiger partial charge in [0.15, 0.2) is 0 Å². The molecule has 1 fully saturated rings. The van der Waals surface area contributed by atoms with Crippen LogP contribution in [0.15, 0.2) is 18.2 Å². The fourth-order valence-electron chi connectivity index (χ4n) is 3.19. The van der Waals surface area contributed by atoms with Crippen LogP contribution in [0.25, 0.3) is 0 Å². The van der Waals surface area contributed by atoms with Crippen molar-refractivity contribution in [1.29, 1.82) is 0 Å². The van der Waals surface area contributed by atoms with Gasteiger partial charge in [0, 0.05) is 24.7 Å². The van der Waals surface area contributed by atoms with Crippen molar-refractivity contribution in [3.8, 4) is 5.75 Å². The molecule has 2 rings (SSSR count). The van der Waals surface area contributed by atoms with E-state index in [1.807, 2.05) is 7.05 Å². The van der Waals surface area contributed by atoms with E-state index in [0.29, 0.717) is 0 Å². The molecule has 3 heteroatoms. The van der Waals surface area contributed by atoms with Gasteiger partial charge in [-0.3, -0.25) is 4.90 Å². The van der Waals surface area contributed by atoms with Crippen molar-refractivity contribution in [2.45, 2.75) is 51.7 Å². The first-order valence-electron chi connectivity index (χ1n) is 7.83. The van der Waals surface area contributed by atoms with Crippen molar-refractivity contribution in [3.63, 3.8) is 0 Å². The Morgan fingerprint density at radius 2 is 2.20 bits per heavy atom. The molecule has 1 aliphatic rings. The third kappa shape index (κ3) is 3.74. The average Bonchev–Trinajstić information content (AvgIpc) is 2.49. The van der Waals surface area contributed by atoms with Crippen LogP contribution in [-0.2, 0) is 13.1 Å². The molecule has 0 aromatic heterocycles. The van der Waals surface area contributed by atoms with Crippen molar-refractivity contribution in [1.82, 2.24) is 10.2 Å². The zero-order valence-electron chi connectivity index (χ0n) is 13.1. The van der Waals surface area contributed by atoms with Crippen molar-refractivity contribution >= 4 is 0 Å². The Morgan fingerprint density at radius 1 is 1.35 bits per heavy atom. The lowest BCUT2D eigenvalue weighted by Crippen LogP contribution is -2.38. The van der Waals surface area contributed by atoms with Crippen LogP contribution >= 0.6 is 0 Å². The van der Waals surface area contributed by atoms with Gasteiger partial charge in [-0.25, -0.2) is 0 Å². The van der Waals surface area contributed by atoms with E-state index in [0.717, 1.165) is 24.9 Å². The van der Waals surface area contributed by atoms with Gasteiger partial charge in [-0.05, 0) is 44.5 Å². The SMILES string of the molecule is CCC1CCCCN1Cc1ccc(CNC)c(OC)c1. The van der Waals surface area contributed by atoms with Gasteiger partial charge in [-0.15, -0.1) is 0 Å². The minimum absolute atomic E-state index is 0.756. The number of hydrogen-bond donors (Lipinski definition) is 1. The highest BCUT2D eigenvalue weighted by Gasteiger charge is 2.20. The molecule has 1 saturated heterocycles. The monoisotopic (exact) mass is 276 g/mol. The molecule has 112 valence electrons. The summed E-state index contributed by atoms with van der Waals surface area (Å²) < 4.78 is 5.52. The lowest BCUT2D eigenvalue weighted by atomic mass is 9.99. The summed E-state index contributed by atoms with van der Waals surface area (Å²) in [4.78, 5) is 2.63. The molecule has 1 unspecified atom stereocenters. The fourth-order valence-corrected chi connectivity index (χ4v) is 3.19. The van der Waals surface area contributed by atoms with Crippen molar-refractivity contribution in [2.24, 2.45) is 0 Å². The number of ether oxygens (including phenoxy) is 1. The Balaban J connectivity index is 2.08. The normalized spacial score (nSPS) is 20.1. The zero-order chi connectivity index (χ0) is 14.4. The van der Waals surface area contributed by atoms with Crippen LogP contribution in [0.5, 0.6) is 5.75 Å². The van der Waals surface area contributed by atoms with Gasteiger partial charge in [0.25, 0.3) is 0 Å². The summed E-state index contributed by atoms with van der Waals surface area (Å²) in [6.45, 7) is 5.44. The summed E-state index contributed by atoms with van der Waals surface area (Å²) in [6.07, 6.45) is 5.34. The Labute approximate surface area is 123 Å². The van der Waals surface area contributed by atoms with Crippen molar-refractivity contribution in [2.75, 3.05) is 20.7 Å². The molecule has 1 heterocycles. The lowest BCUT2D eigenvalue weighted by molar-refractivity contribution is 0.136. The van der Waals surface area contributed by atoms with Crippen molar-refractivity contribution < 1.29 is 4.74 Å². The first kappa shape index (κ1) is 15.3. The van der Waals surface area contributed by atoms with E-state index in [2.05, 4.69) is 35.3 Å². The summed E-state index contributed by atoms with van der Waals surface area (Å²) >= 11 is 0. The van der Waals surface area contributed by atoms with E-state index in [1.165, 1.54) is 43.4 Å². The highest BCUT2D eigenvalue weighted by Crippen LogP contribution is 2.25. The third-order valence-corrected chi connectivity index (χ3v) is 4.32. The smallest absolute Gasteiger partial charge is 0.123 e. The van der Waals surface area contributed by atoms with E-state index in [1.54, 1.807) is 7.11 Å². The van der Waals surface area contributed by atoms with E-state index in [-0.39, 0.29) is 0 Å². The van der Waals surface area contributed by atoms with Crippen LogP contribution in [0, 0.1) is 0 Å². The standard InChI is InChI=1S/C17H28N2O/c1-4-16-7-5-6-10-19(16)13-14-8-9-15(12-18-2)17(11-14)20-3/h8-9,11,16,18H,4-7,10,12-13H2,1-3H3. The van der Waals surface area contributed by atoms with Gasteiger partial charge in [0.05, 0.1) is 7.11 Å². The van der Waals surface area contributed by atoms with E-state index < -0.39 is 0 Å². The Morgan fingerprint density at radius 3 is 2.90 bits per heavy atom. The lowest BCUT2D eigenvalue weighted by Gasteiger charge is -2.35. The minimum Gasteiger partial charge on any atom is -0.496 e. The molecule has 1 aromatic rings. The fraction of sp³-hybridized carbons (Fsp3) is 0.647. The number of likely N-dealkylation sites (tertiary alicyclic amines) is 1. The molecule has 0 spiro atoms. The first-order chi connectivity index (χ1) is 9.78. The number of hydrogen-bond acceptors (Lipinski definition) is 3. The minimum atomic E-state index is 0.756. The molecule has 1 aliphatic heterocycles. The molecule has 3 nitrogen and oxygen atoms in total. The second-order valence-electron chi connectivity index (χ2n) is 5.70. The Hall–Kier alpha value is -1.06. The average molecular weight is 276 g/mol. The molecule has 0 bridgehead atoms. The molecule has 1 aromatic carbocycles. The predicted octanol–water partition coefficient (Wildman–Crippen LogP) is 3.18. The maximum atomic E-state index is 5.52. The third-order valence-electron chi connectivity index (χ3n) is 4.32. The Kier molecular flexibility index (Phi) is 5.86. The molecular formula is C17H28N2O. The molecule has 1 atom stereocenters. The summed E-state index contributed by atoms with van der Waals surface area (Å²) in [5.74, 6) is 1.00. The summed E-state index contributed by atoms with van der Waals surface area (Å²) in [5, 5.41) is 3.19. The maximum absolute atomic E-state index is 5.52. The second kappa shape index (κ2) is 7.65. The summed E-state index contributed by atoms with van der Waals surface area (Å²) in [6, 6.07) is 7.40. The Bertz CT molecular complexity index is 419. The van der Waals surface area contributed by atoms with Crippen LogP contribution in [-0.4, -0.2) is 31.6 Å². The largest absolute Gasteiger partial charge is 0.496 e. The number of benzene rings is 1. The van der Waals surface area contributed by atoms with Crippen LogP contribution < -0.4 is 10.1 Å². The predicted molar refractivity (Wildman–Crippen MR) is 84.1 cm³/mol. The van der Waals surface area contributed by atoms with Crippen LogP contribution in [0.3, 0.4) is 0 Å². The highest BCUT2D eigenvalue weighted by molar-refractivity contribution is 5.37. The molecular weight excluding hydrogens is 248 g/mol. The van der Waals surface area contributed by atoms with Gasteiger partial charge in [0.1, 0.15) is 5.75 Å². The number of nitrogens with one attached hydrogen (secondary N) is 1. The number of rotatable bonds is 6. The second-order valence-corrected chi connectivity index (χ2v) is 5.70. The molecule has 0 saturated carbocycles. The zero-order valence-corrected chi connectivity index (χ0v) is 13.1. The summed E-state index contributed by atoms with van der Waals surface area (Å²) in [7, 11) is 3.72. The molecule has 0 radical (unpaired) electrons. The van der Waals surface area contributed by atoms with Gasteiger partial charge in [-0.2, -0.15) is 0 Å². The first-order valence-corrected chi connectivity index (χ1v) is 7.83. The number of nitrogens with zero attached hydrogens (tertiary/aromatic N) is 1. The maximum Gasteiger partial charge on any atom is 0.123 e. The van der Waals surface area contributed by atoms with Crippen LogP contribution in [0.4, 0.5) is 0 Å². The van der Waals surface area contributed by atoms with E-state index in [9.17, 15) is 0 Å². The van der Waals surface area contributed by atoms with Crippen LogP contribution in [0.2, 0.25) is 0 Å². The summed E-state index contributed by atoms with van der Waals surface area (Å²) in [5.41, 5.74) is 2.59. The van der Waals surface area contributed by atoms with Gasteiger partial charge < -0.3 is 10.1 Å². The van der Waals surface area contributed by atoms with Gasteiger partial charge in [-0.1, -0.05) is 25.5 Å². The van der Waals surface area contributed by atoms with E-state index in [4.69, 9.17) is 4.74 Å².